The Balaban J connectivity index is 1.63. The van der Waals surface area contributed by atoms with Gasteiger partial charge in [0.05, 0.1) is 30.2 Å². The van der Waals surface area contributed by atoms with Gasteiger partial charge in [0.15, 0.2) is 0 Å². The molecular formula is C16H25N7O. The summed E-state index contributed by atoms with van der Waals surface area (Å²) < 4.78 is 3.63. The van der Waals surface area contributed by atoms with Crippen molar-refractivity contribution in [3.05, 3.63) is 24.0 Å². The summed E-state index contributed by atoms with van der Waals surface area (Å²) in [7, 11) is 1.89. The van der Waals surface area contributed by atoms with E-state index in [0.29, 0.717) is 12.6 Å². The van der Waals surface area contributed by atoms with Crippen LogP contribution in [0.15, 0.2) is 12.7 Å². The molecule has 0 unspecified atom stereocenters. The summed E-state index contributed by atoms with van der Waals surface area (Å²) in [6, 6.07) is 0.322. The number of hydrogen-bond acceptors (Lipinski definition) is 5. The maximum absolute atomic E-state index is 12.5. The first kappa shape index (κ1) is 16.6. The molecule has 130 valence electrons. The summed E-state index contributed by atoms with van der Waals surface area (Å²) in [5, 5.41) is 11.6. The van der Waals surface area contributed by atoms with E-state index >= 15 is 0 Å². The molecule has 2 aromatic heterocycles. The number of carbonyl (C=O) groups excluding carboxylic acids is 1. The average Bonchev–Trinajstić information content (AvgIpc) is 3.14. The minimum atomic E-state index is 0.0136. The highest BCUT2D eigenvalue weighted by molar-refractivity contribution is 5.93. The number of hydrogen-bond donors (Lipinski definition) is 1. The number of nitrogens with zero attached hydrogens (tertiary/aromatic N) is 6. The molecule has 1 amide bonds. The van der Waals surface area contributed by atoms with Crippen molar-refractivity contribution in [2.45, 2.75) is 45.7 Å². The van der Waals surface area contributed by atoms with Gasteiger partial charge in [-0.05, 0) is 33.2 Å². The number of anilines is 1. The Morgan fingerprint density at radius 1 is 1.38 bits per heavy atom. The lowest BCUT2D eigenvalue weighted by atomic mass is 10.0. The van der Waals surface area contributed by atoms with Gasteiger partial charge in [-0.2, -0.15) is 10.2 Å². The van der Waals surface area contributed by atoms with Crippen molar-refractivity contribution >= 4 is 11.6 Å². The second-order valence-electron chi connectivity index (χ2n) is 6.46. The number of likely N-dealkylation sites (tertiary alicyclic amines) is 1. The normalized spacial score (nSPS) is 18.7. The van der Waals surface area contributed by atoms with Crippen molar-refractivity contribution in [3.8, 4) is 0 Å². The maximum Gasteiger partial charge on any atom is 0.238 e. The fourth-order valence-electron chi connectivity index (χ4n) is 3.34. The molecule has 8 nitrogen and oxygen atoms in total. The smallest absolute Gasteiger partial charge is 0.238 e. The highest BCUT2D eigenvalue weighted by atomic mass is 16.2. The molecule has 1 atom stereocenters. The van der Waals surface area contributed by atoms with Crippen LogP contribution in [0.1, 0.15) is 30.7 Å². The molecule has 1 N–H and O–H groups in total. The van der Waals surface area contributed by atoms with Crippen LogP contribution in [0.4, 0.5) is 5.69 Å². The van der Waals surface area contributed by atoms with Crippen molar-refractivity contribution < 1.29 is 4.79 Å². The summed E-state index contributed by atoms with van der Waals surface area (Å²) in [6.07, 6.45) is 6.69. The molecule has 2 aromatic rings. The van der Waals surface area contributed by atoms with Crippen LogP contribution in [0.5, 0.6) is 0 Å². The Morgan fingerprint density at radius 2 is 2.21 bits per heavy atom. The molecule has 0 spiro atoms. The third-order valence-electron chi connectivity index (χ3n) is 4.73. The molecule has 0 radical (unpaired) electrons. The summed E-state index contributed by atoms with van der Waals surface area (Å²) in [6.45, 7) is 5.99. The van der Waals surface area contributed by atoms with Crippen LogP contribution in [0, 0.1) is 13.8 Å². The van der Waals surface area contributed by atoms with E-state index < -0.39 is 0 Å². The molecule has 8 heteroatoms. The molecule has 24 heavy (non-hydrogen) atoms. The quantitative estimate of drug-likeness (QED) is 0.888. The summed E-state index contributed by atoms with van der Waals surface area (Å²) in [4.78, 5) is 18.8. The van der Waals surface area contributed by atoms with Gasteiger partial charge in [0, 0.05) is 13.1 Å². The van der Waals surface area contributed by atoms with Crippen LogP contribution >= 0.6 is 0 Å². The zero-order chi connectivity index (χ0) is 17.1. The second kappa shape index (κ2) is 7.12. The minimum absolute atomic E-state index is 0.0136. The van der Waals surface area contributed by atoms with Gasteiger partial charge in [-0.3, -0.25) is 19.1 Å². The fourth-order valence-corrected chi connectivity index (χ4v) is 3.34. The van der Waals surface area contributed by atoms with Gasteiger partial charge < -0.3 is 5.32 Å². The van der Waals surface area contributed by atoms with E-state index in [1.807, 2.05) is 25.6 Å². The number of carbonyl (C=O) groups is 1. The van der Waals surface area contributed by atoms with Gasteiger partial charge in [0.1, 0.15) is 12.7 Å². The van der Waals surface area contributed by atoms with Crippen molar-refractivity contribution in [3.63, 3.8) is 0 Å². The van der Waals surface area contributed by atoms with Crippen LogP contribution in [-0.2, 0) is 18.4 Å². The molecule has 0 saturated carbocycles. The predicted octanol–water partition coefficient (Wildman–Crippen LogP) is 1.12. The third kappa shape index (κ3) is 3.64. The number of nitrogens with one attached hydrogen (secondary N) is 1. The Hall–Kier alpha value is -2.22. The molecule has 3 rings (SSSR count). The van der Waals surface area contributed by atoms with E-state index in [1.54, 1.807) is 17.3 Å². The van der Waals surface area contributed by atoms with E-state index in [-0.39, 0.29) is 5.91 Å². The number of amides is 1. The highest BCUT2D eigenvalue weighted by Crippen LogP contribution is 2.20. The molecular weight excluding hydrogens is 306 g/mol. The number of rotatable bonds is 5. The van der Waals surface area contributed by atoms with Crippen LogP contribution in [0.3, 0.4) is 0 Å². The van der Waals surface area contributed by atoms with E-state index in [2.05, 4.69) is 25.4 Å². The molecule has 1 fully saturated rings. The average molecular weight is 331 g/mol. The summed E-state index contributed by atoms with van der Waals surface area (Å²) in [5.74, 6) is 0.0136. The van der Waals surface area contributed by atoms with Crippen molar-refractivity contribution in [2.75, 3.05) is 18.4 Å². The first-order chi connectivity index (χ1) is 11.5. The zero-order valence-corrected chi connectivity index (χ0v) is 14.6. The lowest BCUT2D eigenvalue weighted by Gasteiger charge is -2.35. The topological polar surface area (TPSA) is 80.9 Å². The monoisotopic (exact) mass is 331 g/mol. The van der Waals surface area contributed by atoms with E-state index in [4.69, 9.17) is 0 Å². The van der Waals surface area contributed by atoms with Crippen molar-refractivity contribution in [1.82, 2.24) is 29.4 Å². The Bertz CT molecular complexity index is 692. The van der Waals surface area contributed by atoms with E-state index in [9.17, 15) is 4.79 Å². The van der Waals surface area contributed by atoms with E-state index in [0.717, 1.165) is 43.0 Å². The van der Waals surface area contributed by atoms with Gasteiger partial charge in [0.2, 0.25) is 5.91 Å². The molecule has 1 aliphatic heterocycles. The van der Waals surface area contributed by atoms with Crippen molar-refractivity contribution in [1.29, 1.82) is 0 Å². The van der Waals surface area contributed by atoms with Gasteiger partial charge >= 0.3 is 0 Å². The lowest BCUT2D eigenvalue weighted by molar-refractivity contribution is -0.118. The van der Waals surface area contributed by atoms with Crippen molar-refractivity contribution in [2.24, 2.45) is 7.05 Å². The standard InChI is InChI=1S/C16H25N7O/c1-12-16(13(2)21(3)20-12)19-15(24)9-22-7-5-4-6-14(22)8-23-11-17-10-18-23/h10-11,14H,4-9H2,1-3H3,(H,19,24)/t14-/m1/s1. The van der Waals surface area contributed by atoms with Crippen LogP contribution < -0.4 is 5.32 Å². The zero-order valence-electron chi connectivity index (χ0n) is 14.6. The molecule has 0 bridgehead atoms. The highest BCUT2D eigenvalue weighted by Gasteiger charge is 2.25. The maximum atomic E-state index is 12.5. The number of aryl methyl sites for hydroxylation is 2. The lowest BCUT2D eigenvalue weighted by Crippen LogP contribution is -2.46. The van der Waals surface area contributed by atoms with Gasteiger partial charge in [-0.25, -0.2) is 4.98 Å². The Morgan fingerprint density at radius 3 is 2.88 bits per heavy atom. The molecule has 0 aromatic carbocycles. The third-order valence-corrected chi connectivity index (χ3v) is 4.73. The Kier molecular flexibility index (Phi) is 4.94. The minimum Gasteiger partial charge on any atom is -0.322 e. The molecule has 3 heterocycles. The van der Waals surface area contributed by atoms with Gasteiger partial charge in [-0.1, -0.05) is 6.42 Å². The number of aromatic nitrogens is 5. The fraction of sp³-hybridized carbons (Fsp3) is 0.625. The number of piperidine rings is 1. The Labute approximate surface area is 141 Å². The van der Waals surface area contributed by atoms with Gasteiger partial charge in [0.25, 0.3) is 0 Å². The summed E-state index contributed by atoms with van der Waals surface area (Å²) >= 11 is 0. The van der Waals surface area contributed by atoms with Crippen LogP contribution in [0.25, 0.3) is 0 Å². The van der Waals surface area contributed by atoms with Crippen LogP contribution in [0.2, 0.25) is 0 Å². The van der Waals surface area contributed by atoms with E-state index in [1.165, 1.54) is 6.42 Å². The summed E-state index contributed by atoms with van der Waals surface area (Å²) in [5.41, 5.74) is 2.65. The first-order valence-electron chi connectivity index (χ1n) is 8.41. The molecule has 0 aliphatic carbocycles. The second-order valence-corrected chi connectivity index (χ2v) is 6.46. The van der Waals surface area contributed by atoms with Crippen LogP contribution in [-0.4, -0.2) is 54.5 Å². The van der Waals surface area contributed by atoms with Gasteiger partial charge in [-0.15, -0.1) is 0 Å². The first-order valence-corrected chi connectivity index (χ1v) is 8.41. The molecule has 1 saturated heterocycles. The SMILES string of the molecule is Cc1nn(C)c(C)c1NC(=O)CN1CCCC[C@@H]1Cn1cncn1. The largest absolute Gasteiger partial charge is 0.322 e. The predicted molar refractivity (Wildman–Crippen MR) is 90.5 cm³/mol. The molecule has 1 aliphatic rings.